The second-order valence-corrected chi connectivity index (χ2v) is 16.1. The molecule has 14 heteroatoms. The van der Waals surface area contributed by atoms with Gasteiger partial charge in [-0.1, -0.05) is 132 Å². The summed E-state index contributed by atoms with van der Waals surface area (Å²) in [5.74, 6) is -0.269. The van der Waals surface area contributed by atoms with E-state index in [1.807, 2.05) is 6.08 Å². The number of unbranched alkanes of at least 4 members (excludes halogenated alkanes) is 12. The Balaban J connectivity index is 1.89. The molecule has 0 aromatic heterocycles. The van der Waals surface area contributed by atoms with Gasteiger partial charge >= 0.3 is 0 Å². The second-order valence-electron chi connectivity index (χ2n) is 16.1. The highest BCUT2D eigenvalue weighted by atomic mass is 16.7. The minimum absolute atomic E-state index is 0.250. The molecule has 0 aromatic carbocycles. The SMILES string of the molecule is CC/C=C\C/C=C\C/C=C\C/C=C\CCCCCCC(=O)NC(COC1OC(CO)C(OC2OC(CO)C(O)C(O)C2O)C(O)C1O)C(O)/C=C/CCCCCCCCCC. The minimum atomic E-state index is -1.79. The molecule has 2 aliphatic rings. The summed E-state index contributed by atoms with van der Waals surface area (Å²) in [6.07, 6.45) is 22.7. The first-order chi connectivity index (χ1) is 29.6. The number of hydrogen-bond acceptors (Lipinski definition) is 13. The lowest BCUT2D eigenvalue weighted by atomic mass is 9.97. The smallest absolute Gasteiger partial charge is 0.220 e. The number of carbonyl (C=O) groups is 1. The molecule has 2 fully saturated rings. The zero-order valence-electron chi connectivity index (χ0n) is 36.9. The summed E-state index contributed by atoms with van der Waals surface area (Å²) in [6, 6.07) is -0.927. The summed E-state index contributed by atoms with van der Waals surface area (Å²) in [4.78, 5) is 13.1. The molecular formula is C47H81NO13. The van der Waals surface area contributed by atoms with E-state index in [9.17, 15) is 45.6 Å². The first-order valence-electron chi connectivity index (χ1n) is 23.0. The van der Waals surface area contributed by atoms with Crippen LogP contribution in [0.15, 0.2) is 60.8 Å². The Morgan fingerprint density at radius 1 is 0.607 bits per heavy atom. The van der Waals surface area contributed by atoms with Crippen LogP contribution in [0.1, 0.15) is 136 Å². The largest absolute Gasteiger partial charge is 0.394 e. The summed E-state index contributed by atoms with van der Waals surface area (Å²) in [7, 11) is 0. The lowest BCUT2D eigenvalue weighted by Crippen LogP contribution is -2.65. The average molecular weight is 868 g/mol. The number of nitrogens with one attached hydrogen (secondary N) is 1. The normalized spacial score (nSPS) is 28.6. The van der Waals surface area contributed by atoms with Crippen molar-refractivity contribution in [1.29, 1.82) is 0 Å². The monoisotopic (exact) mass is 868 g/mol. The number of aliphatic hydroxyl groups is 8. The third kappa shape index (κ3) is 22.2. The Labute approximate surface area is 365 Å². The van der Waals surface area contributed by atoms with Crippen molar-refractivity contribution >= 4 is 5.91 Å². The summed E-state index contributed by atoms with van der Waals surface area (Å²) in [6.45, 7) is 2.59. The molecule has 0 spiro atoms. The van der Waals surface area contributed by atoms with Crippen LogP contribution in [0.3, 0.4) is 0 Å². The van der Waals surface area contributed by atoms with E-state index in [0.29, 0.717) is 6.42 Å². The minimum Gasteiger partial charge on any atom is -0.394 e. The molecule has 0 aromatic rings. The molecule has 12 unspecified atom stereocenters. The van der Waals surface area contributed by atoms with Gasteiger partial charge < -0.3 is 65.1 Å². The highest BCUT2D eigenvalue weighted by molar-refractivity contribution is 5.76. The highest BCUT2D eigenvalue weighted by Gasteiger charge is 2.50. The van der Waals surface area contributed by atoms with E-state index in [1.165, 1.54) is 32.1 Å². The topological polar surface area (TPSA) is 228 Å². The van der Waals surface area contributed by atoms with Gasteiger partial charge in [-0.3, -0.25) is 4.79 Å². The van der Waals surface area contributed by atoms with Crippen molar-refractivity contribution in [3.8, 4) is 0 Å². The maximum Gasteiger partial charge on any atom is 0.220 e. The standard InChI is InChI=1S/C47H81NO13/c1-3-5-7-9-11-13-15-16-17-18-19-20-21-23-25-27-29-31-39(52)48-35(36(51)30-28-26-24-22-14-12-10-8-6-4-2)34-58-46-44(57)42(55)45(38(33-50)60-46)61-47-43(56)41(54)40(53)37(32-49)59-47/h5,7,11,13,16-17,19-20,28,30,35-38,40-47,49-51,53-57H,3-4,6,8-10,12,14-15,18,21-27,29,31-34H2,1-2H3,(H,48,52)/b7-5-,13-11-,17-16-,20-19-,30-28+. The molecule has 0 saturated carbocycles. The quantitative estimate of drug-likeness (QED) is 0.0322. The van der Waals surface area contributed by atoms with E-state index >= 15 is 0 Å². The van der Waals surface area contributed by atoms with Crippen LogP contribution in [0.5, 0.6) is 0 Å². The first kappa shape index (κ1) is 54.8. The maximum atomic E-state index is 13.1. The van der Waals surface area contributed by atoms with E-state index < -0.39 is 86.8 Å². The van der Waals surface area contributed by atoms with Crippen LogP contribution >= 0.6 is 0 Å². The molecular weight excluding hydrogens is 787 g/mol. The summed E-state index contributed by atoms with van der Waals surface area (Å²) < 4.78 is 22.6. The van der Waals surface area contributed by atoms with E-state index in [4.69, 9.17) is 18.9 Å². The third-order valence-electron chi connectivity index (χ3n) is 11.0. The lowest BCUT2D eigenvalue weighted by molar-refractivity contribution is -0.359. The molecule has 2 aliphatic heterocycles. The van der Waals surface area contributed by atoms with Crippen molar-refractivity contribution in [3.05, 3.63) is 60.8 Å². The van der Waals surface area contributed by atoms with Gasteiger partial charge in [0.15, 0.2) is 12.6 Å². The van der Waals surface area contributed by atoms with Crippen LogP contribution in [0.2, 0.25) is 0 Å². The van der Waals surface area contributed by atoms with Gasteiger partial charge in [0.25, 0.3) is 0 Å². The summed E-state index contributed by atoms with van der Waals surface area (Å²) >= 11 is 0. The van der Waals surface area contributed by atoms with Gasteiger partial charge in [0.2, 0.25) is 5.91 Å². The Bertz CT molecular complexity index is 1260. The third-order valence-corrected chi connectivity index (χ3v) is 11.0. The van der Waals surface area contributed by atoms with Crippen molar-refractivity contribution in [1.82, 2.24) is 5.32 Å². The van der Waals surface area contributed by atoms with Crippen molar-refractivity contribution in [2.24, 2.45) is 0 Å². The number of amides is 1. The van der Waals surface area contributed by atoms with E-state index in [2.05, 4.69) is 67.8 Å². The zero-order chi connectivity index (χ0) is 44.7. The molecule has 0 radical (unpaired) electrons. The van der Waals surface area contributed by atoms with Gasteiger partial charge in [-0.2, -0.15) is 0 Å². The molecule has 2 heterocycles. The van der Waals surface area contributed by atoms with Gasteiger partial charge in [0.1, 0.15) is 48.8 Å². The van der Waals surface area contributed by atoms with Gasteiger partial charge in [0, 0.05) is 6.42 Å². The molecule has 1 amide bonds. The fourth-order valence-corrected chi connectivity index (χ4v) is 7.16. The number of carbonyl (C=O) groups excluding carboxylic acids is 1. The van der Waals surface area contributed by atoms with Crippen LogP contribution in [-0.4, -0.2) is 140 Å². The van der Waals surface area contributed by atoms with E-state index in [0.717, 1.165) is 77.0 Å². The number of hydrogen-bond donors (Lipinski definition) is 9. The zero-order valence-corrected chi connectivity index (χ0v) is 36.9. The summed E-state index contributed by atoms with van der Waals surface area (Å²) in [5, 5.41) is 86.4. The van der Waals surface area contributed by atoms with Crippen molar-refractivity contribution in [3.63, 3.8) is 0 Å². The molecule has 352 valence electrons. The van der Waals surface area contributed by atoms with Crippen molar-refractivity contribution in [2.75, 3.05) is 19.8 Å². The van der Waals surface area contributed by atoms with Crippen LogP contribution in [0.4, 0.5) is 0 Å². The van der Waals surface area contributed by atoms with Crippen molar-refractivity contribution in [2.45, 2.75) is 209 Å². The number of rotatable bonds is 33. The lowest BCUT2D eigenvalue weighted by Gasteiger charge is -2.46. The van der Waals surface area contributed by atoms with Crippen LogP contribution in [0, 0.1) is 0 Å². The van der Waals surface area contributed by atoms with Crippen LogP contribution in [-0.2, 0) is 23.7 Å². The van der Waals surface area contributed by atoms with Gasteiger partial charge in [-0.05, 0) is 57.8 Å². The summed E-state index contributed by atoms with van der Waals surface area (Å²) in [5.41, 5.74) is 0. The Morgan fingerprint density at radius 2 is 1.13 bits per heavy atom. The first-order valence-corrected chi connectivity index (χ1v) is 23.0. The van der Waals surface area contributed by atoms with Crippen molar-refractivity contribution < 1.29 is 64.6 Å². The van der Waals surface area contributed by atoms with E-state index in [1.54, 1.807) is 6.08 Å². The fraction of sp³-hybridized carbons (Fsp3) is 0.766. The predicted octanol–water partition coefficient (Wildman–Crippen LogP) is 4.71. The molecule has 0 aliphatic carbocycles. The molecule has 12 atom stereocenters. The number of aliphatic hydroxyl groups excluding tert-OH is 8. The molecule has 9 N–H and O–H groups in total. The maximum absolute atomic E-state index is 13.1. The second kappa shape index (κ2) is 34.1. The fourth-order valence-electron chi connectivity index (χ4n) is 7.16. The van der Waals surface area contributed by atoms with Crippen LogP contribution in [0.25, 0.3) is 0 Å². The predicted molar refractivity (Wildman–Crippen MR) is 235 cm³/mol. The number of allylic oxidation sites excluding steroid dienone is 9. The average Bonchev–Trinajstić information content (AvgIpc) is 3.26. The van der Waals surface area contributed by atoms with Gasteiger partial charge in [-0.25, -0.2) is 0 Å². The van der Waals surface area contributed by atoms with Gasteiger partial charge in [0.05, 0.1) is 32.0 Å². The molecule has 2 saturated heterocycles. The van der Waals surface area contributed by atoms with E-state index in [-0.39, 0.29) is 18.9 Å². The Morgan fingerprint density at radius 3 is 1.74 bits per heavy atom. The Hall–Kier alpha value is -2.31. The Kier molecular flexibility index (Phi) is 30.7. The molecule has 0 bridgehead atoms. The molecule has 14 nitrogen and oxygen atoms in total. The van der Waals surface area contributed by atoms with Crippen LogP contribution < -0.4 is 5.32 Å². The molecule has 61 heavy (non-hydrogen) atoms. The number of ether oxygens (including phenoxy) is 4. The highest BCUT2D eigenvalue weighted by Crippen LogP contribution is 2.30. The van der Waals surface area contributed by atoms with Gasteiger partial charge in [-0.15, -0.1) is 0 Å². The molecule has 2 rings (SSSR count).